The molecule has 7 nitrogen and oxygen atoms in total. The van der Waals surface area contributed by atoms with Crippen LogP contribution in [0.15, 0.2) is 22.6 Å². The number of ketones is 1. The average molecular weight is 512 g/mol. The molecule has 7 atom stereocenters. The summed E-state index contributed by atoms with van der Waals surface area (Å²) in [5.74, 6) is -2.22. The lowest BCUT2D eigenvalue weighted by Crippen LogP contribution is -2.40. The van der Waals surface area contributed by atoms with Gasteiger partial charge in [-0.05, 0) is 37.8 Å². The molecule has 2 N–H and O–H groups in total. The monoisotopic (exact) mass is 511 g/mol. The van der Waals surface area contributed by atoms with Gasteiger partial charge in [0, 0.05) is 29.2 Å². The largest absolute Gasteiger partial charge is 0.458 e. The summed E-state index contributed by atoms with van der Waals surface area (Å²) in [5, 5.41) is 23.3. The number of hydrogen-bond acceptors (Lipinski definition) is 8. The lowest BCUT2D eigenvalue weighted by molar-refractivity contribution is -0.149. The maximum atomic E-state index is 14.0. The van der Waals surface area contributed by atoms with Gasteiger partial charge < -0.3 is 19.7 Å². The van der Waals surface area contributed by atoms with Crippen molar-refractivity contribution in [3.05, 3.63) is 33.3 Å². The summed E-state index contributed by atoms with van der Waals surface area (Å²) in [4.78, 5) is 29.7. The van der Waals surface area contributed by atoms with Crippen LogP contribution in [0.3, 0.4) is 0 Å². The molecule has 1 aliphatic carbocycles. The fourth-order valence-corrected chi connectivity index (χ4v) is 5.66. The highest BCUT2D eigenvalue weighted by atomic mass is 32.1. The Labute approximate surface area is 206 Å². The number of epoxide rings is 1. The molecular weight excluding hydrogens is 480 g/mol. The van der Waals surface area contributed by atoms with Crippen molar-refractivity contribution in [1.82, 2.24) is 4.98 Å². The molecule has 0 spiro atoms. The number of alkyl halides is 2. The number of hydrogen-bond donors (Lipinski definition) is 2. The minimum absolute atomic E-state index is 0.104. The van der Waals surface area contributed by atoms with E-state index in [1.54, 1.807) is 31.4 Å². The van der Waals surface area contributed by atoms with Gasteiger partial charge in [0.2, 0.25) is 0 Å². The lowest BCUT2D eigenvalue weighted by Gasteiger charge is -2.32. The van der Waals surface area contributed by atoms with Crippen molar-refractivity contribution in [3.63, 3.8) is 0 Å². The van der Waals surface area contributed by atoms with E-state index in [-0.39, 0.29) is 17.9 Å². The van der Waals surface area contributed by atoms with Gasteiger partial charge in [0.05, 0.1) is 30.4 Å². The van der Waals surface area contributed by atoms with E-state index in [9.17, 15) is 28.6 Å². The molecule has 10 heteroatoms. The van der Waals surface area contributed by atoms with E-state index in [1.807, 2.05) is 0 Å². The van der Waals surface area contributed by atoms with E-state index in [0.29, 0.717) is 35.5 Å². The predicted octanol–water partition coefficient (Wildman–Crippen LogP) is 3.48. The maximum absolute atomic E-state index is 14.0. The topological polar surface area (TPSA) is 109 Å². The number of rotatable bonds is 4. The molecule has 1 fully saturated rings. The van der Waals surface area contributed by atoms with Crippen molar-refractivity contribution in [2.75, 3.05) is 6.67 Å². The Bertz CT molecular complexity index is 1030. The number of aromatic nitrogens is 1. The van der Waals surface area contributed by atoms with E-state index in [0.717, 1.165) is 0 Å². The van der Waals surface area contributed by atoms with Gasteiger partial charge in [0.1, 0.15) is 30.1 Å². The van der Waals surface area contributed by atoms with Crippen LogP contribution < -0.4 is 0 Å². The molecule has 0 saturated carbocycles. The van der Waals surface area contributed by atoms with Crippen molar-refractivity contribution in [2.45, 2.75) is 82.6 Å². The van der Waals surface area contributed by atoms with E-state index in [4.69, 9.17) is 9.47 Å². The second kappa shape index (κ2) is 10.5. The number of carbonyl (C=O) groups is 2. The molecule has 3 heterocycles. The lowest BCUT2D eigenvalue weighted by atomic mass is 9.75. The average Bonchev–Trinajstić information content (AvgIpc) is 3.31. The number of thiazole rings is 1. The molecule has 192 valence electrons. The maximum Gasteiger partial charge on any atom is 0.309 e. The van der Waals surface area contributed by atoms with Gasteiger partial charge >= 0.3 is 5.97 Å². The van der Waals surface area contributed by atoms with E-state index in [2.05, 4.69) is 4.98 Å². The van der Waals surface area contributed by atoms with E-state index >= 15 is 0 Å². The number of aliphatic hydroxyl groups excluding tert-OH is 2. The third-order valence-electron chi connectivity index (χ3n) is 7.30. The van der Waals surface area contributed by atoms with Crippen LogP contribution in [0.4, 0.5) is 8.78 Å². The first kappa shape index (κ1) is 26.1. The smallest absolute Gasteiger partial charge is 0.309 e. The Morgan fingerprint density at radius 3 is 2.80 bits per heavy atom. The number of cyclic esters (lactones) is 1. The zero-order valence-electron chi connectivity index (χ0n) is 19.8. The molecule has 4 rings (SSSR count). The summed E-state index contributed by atoms with van der Waals surface area (Å²) >= 11 is 1.18. The molecule has 2 bridgehead atoms. The van der Waals surface area contributed by atoms with Crippen LogP contribution in [0.1, 0.15) is 56.7 Å². The van der Waals surface area contributed by atoms with Crippen molar-refractivity contribution < 1.29 is 38.1 Å². The minimum Gasteiger partial charge on any atom is -0.458 e. The Hall–Kier alpha value is -2.01. The van der Waals surface area contributed by atoms with Gasteiger partial charge in [-0.15, -0.1) is 11.3 Å². The number of Topliss-reactive ketones (excluding diaryl/α,β-unsaturated/α-hetero) is 1. The molecule has 0 radical (unpaired) electrons. The van der Waals surface area contributed by atoms with Crippen LogP contribution in [0.2, 0.25) is 0 Å². The van der Waals surface area contributed by atoms with E-state index in [1.165, 1.54) is 11.3 Å². The van der Waals surface area contributed by atoms with Crippen LogP contribution in [0.25, 0.3) is 6.08 Å². The minimum atomic E-state index is -1.35. The number of aliphatic hydroxyl groups is 2. The van der Waals surface area contributed by atoms with Crippen molar-refractivity contribution >= 4 is 29.2 Å². The number of fused-ring (bicyclic) bond motifs is 2. The Kier molecular flexibility index (Phi) is 7.85. The van der Waals surface area contributed by atoms with Gasteiger partial charge in [-0.3, -0.25) is 9.59 Å². The second-order valence-corrected chi connectivity index (χ2v) is 10.7. The molecule has 1 aromatic heterocycles. The molecule has 2 aliphatic heterocycles. The molecule has 1 aromatic rings. The van der Waals surface area contributed by atoms with Gasteiger partial charge in [0.15, 0.2) is 5.78 Å². The zero-order chi connectivity index (χ0) is 25.3. The first-order valence-corrected chi connectivity index (χ1v) is 12.8. The van der Waals surface area contributed by atoms with Gasteiger partial charge in [-0.25, -0.2) is 13.8 Å². The van der Waals surface area contributed by atoms with E-state index < -0.39 is 67.5 Å². The quantitative estimate of drug-likeness (QED) is 0.471. The third kappa shape index (κ3) is 5.55. The molecule has 0 aromatic carbocycles. The van der Waals surface area contributed by atoms with Crippen molar-refractivity contribution in [2.24, 2.45) is 11.8 Å². The molecule has 1 saturated heterocycles. The molecule has 35 heavy (non-hydrogen) atoms. The first-order chi connectivity index (χ1) is 16.7. The molecular formula is C25H31F2NO6S. The summed E-state index contributed by atoms with van der Waals surface area (Å²) in [6, 6.07) is 0. The third-order valence-corrected chi connectivity index (χ3v) is 8.13. The summed E-state index contributed by atoms with van der Waals surface area (Å²) in [6.07, 6.45) is 1.03. The molecule has 0 amide bonds. The van der Waals surface area contributed by atoms with Gasteiger partial charge in [-0.2, -0.15) is 0 Å². The number of carbonyl (C=O) groups excluding carboxylic acids is 2. The number of esters is 1. The predicted molar refractivity (Wildman–Crippen MR) is 125 cm³/mol. The zero-order valence-corrected chi connectivity index (χ0v) is 20.6. The summed E-state index contributed by atoms with van der Waals surface area (Å²) in [6.45, 7) is 1.98. The number of nitrogens with zero attached hydrogens (tertiary/aromatic N) is 1. The number of ether oxygens (including phenoxy) is 2. The highest BCUT2D eigenvalue weighted by molar-refractivity contribution is 7.09. The Morgan fingerprint density at radius 2 is 2.11 bits per heavy atom. The fourth-order valence-electron chi connectivity index (χ4n) is 5.06. The summed E-state index contributed by atoms with van der Waals surface area (Å²) in [7, 11) is 0. The van der Waals surface area contributed by atoms with Crippen LogP contribution in [0, 0.1) is 11.8 Å². The van der Waals surface area contributed by atoms with Crippen LogP contribution in [0.5, 0.6) is 0 Å². The fraction of sp³-hybridized carbons (Fsp3) is 0.640. The standard InChI is InChI=1S/C25H31F2NO6S/c1-13(6-16-11-35-21(10-26)28-16)19-9-20-25(12-27,34-20)5-3-4-15-7-17(18(29)8-22(30)33-19)24(32)14(2)23(15)31/h6-7,11,14-15,18-20,23,29,31H,3-5,8-10,12H2,1-2H3/b13-6+/t14-,15-,18+,19+,20+,23-,25+/m1/s1. The van der Waals surface area contributed by atoms with Gasteiger partial charge in [0.25, 0.3) is 0 Å². The first-order valence-electron chi connectivity index (χ1n) is 11.9. The molecule has 0 unspecified atom stereocenters. The highest BCUT2D eigenvalue weighted by Crippen LogP contribution is 2.46. The summed E-state index contributed by atoms with van der Waals surface area (Å²) < 4.78 is 38.4. The van der Waals surface area contributed by atoms with Crippen LogP contribution in [-0.2, 0) is 25.7 Å². The Morgan fingerprint density at radius 1 is 1.34 bits per heavy atom. The van der Waals surface area contributed by atoms with Crippen molar-refractivity contribution in [3.8, 4) is 0 Å². The number of halogens is 2. The van der Waals surface area contributed by atoms with Gasteiger partial charge in [-0.1, -0.05) is 13.0 Å². The van der Waals surface area contributed by atoms with Crippen molar-refractivity contribution in [1.29, 1.82) is 0 Å². The normalized spacial score (nSPS) is 36.6. The molecule has 3 aliphatic rings. The van der Waals surface area contributed by atoms with Crippen LogP contribution in [-0.4, -0.2) is 63.6 Å². The second-order valence-electron chi connectivity index (χ2n) is 9.75. The van der Waals surface area contributed by atoms with Crippen LogP contribution >= 0.6 is 11.3 Å². The highest BCUT2D eigenvalue weighted by Gasteiger charge is 2.57. The SMILES string of the molecule is C/C(=C\c1csc(CF)n1)[C@@H]1C[C@@H]2O[C@]2(CF)CCC[C@@H]2C=C(C(=O)[C@H](C)[C@H]2O)[C@@H](O)CC(=O)O1. The summed E-state index contributed by atoms with van der Waals surface area (Å²) in [5.41, 5.74) is 0.293. The Balaban J connectivity index is 1.60.